The molecule has 2 N–H and O–H groups in total. The molecule has 2 aromatic carbocycles. The van der Waals surface area contributed by atoms with Gasteiger partial charge < -0.3 is 10.2 Å². The number of benzene rings is 2. The Morgan fingerprint density at radius 2 is 1.74 bits per heavy atom. The fourth-order valence-corrected chi connectivity index (χ4v) is 1.82. The minimum Gasteiger partial charge on any atom is -0.478 e. The molecule has 3 nitrogen and oxygen atoms in total. The molecule has 0 aromatic heterocycles. The van der Waals surface area contributed by atoms with E-state index < -0.39 is 23.7 Å². The molecule has 0 fully saturated rings. The van der Waals surface area contributed by atoms with E-state index in [2.05, 4.69) is 0 Å². The lowest BCUT2D eigenvalue weighted by molar-refractivity contribution is 0.0691. The summed E-state index contributed by atoms with van der Waals surface area (Å²) in [5.41, 5.74) is -0.241. The van der Waals surface area contributed by atoms with Crippen LogP contribution in [0.3, 0.4) is 0 Å². The van der Waals surface area contributed by atoms with Crippen LogP contribution in [0.1, 0.15) is 27.6 Å². The average molecular weight is 264 g/mol. The number of carboxylic acids is 1. The number of aliphatic hydroxyl groups is 1. The molecule has 0 spiro atoms. The van der Waals surface area contributed by atoms with Crippen molar-refractivity contribution in [3.8, 4) is 0 Å². The normalized spacial score (nSPS) is 12.2. The second-order valence-electron chi connectivity index (χ2n) is 3.96. The first kappa shape index (κ1) is 13.2. The van der Waals surface area contributed by atoms with Crippen molar-refractivity contribution in [2.24, 2.45) is 0 Å². The lowest BCUT2D eigenvalue weighted by Crippen LogP contribution is -2.09. The Hall–Kier alpha value is -2.27. The predicted molar refractivity (Wildman–Crippen MR) is 63.8 cm³/mol. The van der Waals surface area contributed by atoms with Gasteiger partial charge in [0.2, 0.25) is 0 Å². The summed E-state index contributed by atoms with van der Waals surface area (Å²) >= 11 is 0. The smallest absolute Gasteiger partial charge is 0.336 e. The monoisotopic (exact) mass is 264 g/mol. The van der Waals surface area contributed by atoms with Gasteiger partial charge >= 0.3 is 5.97 Å². The highest BCUT2D eigenvalue weighted by Crippen LogP contribution is 2.27. The first-order valence-corrected chi connectivity index (χ1v) is 5.46. The molecule has 0 aliphatic rings. The molecule has 1 atom stereocenters. The highest BCUT2D eigenvalue weighted by Gasteiger charge is 2.20. The van der Waals surface area contributed by atoms with Crippen LogP contribution in [0.25, 0.3) is 0 Å². The van der Waals surface area contributed by atoms with Crippen LogP contribution in [-0.4, -0.2) is 16.2 Å². The SMILES string of the molecule is O=C(O)c1ccccc1C(O)c1ccc(F)cc1F. The van der Waals surface area contributed by atoms with Gasteiger partial charge in [-0.2, -0.15) is 0 Å². The number of hydrogen-bond donors (Lipinski definition) is 2. The number of hydrogen-bond acceptors (Lipinski definition) is 2. The molecule has 0 heterocycles. The summed E-state index contributed by atoms with van der Waals surface area (Å²) in [6, 6.07) is 8.47. The van der Waals surface area contributed by atoms with Crippen molar-refractivity contribution in [2.75, 3.05) is 0 Å². The molecule has 0 aliphatic carbocycles. The minimum absolute atomic E-state index is 0.0560. The summed E-state index contributed by atoms with van der Waals surface area (Å²) in [5.74, 6) is -2.91. The minimum atomic E-state index is -1.46. The van der Waals surface area contributed by atoms with Gasteiger partial charge in [-0.15, -0.1) is 0 Å². The molecule has 98 valence electrons. The van der Waals surface area contributed by atoms with Gasteiger partial charge in [-0.05, 0) is 17.7 Å². The van der Waals surface area contributed by atoms with Gasteiger partial charge in [0, 0.05) is 11.6 Å². The van der Waals surface area contributed by atoms with Crippen LogP contribution < -0.4 is 0 Å². The van der Waals surface area contributed by atoms with Crippen LogP contribution >= 0.6 is 0 Å². The third-order valence-corrected chi connectivity index (χ3v) is 2.74. The first-order valence-electron chi connectivity index (χ1n) is 5.46. The highest BCUT2D eigenvalue weighted by molar-refractivity contribution is 5.89. The zero-order valence-electron chi connectivity index (χ0n) is 9.68. The molecule has 0 saturated heterocycles. The number of aromatic carboxylic acids is 1. The van der Waals surface area contributed by atoms with Crippen LogP contribution in [0, 0.1) is 11.6 Å². The summed E-state index contributed by atoms with van der Waals surface area (Å²) in [7, 11) is 0. The summed E-state index contributed by atoms with van der Waals surface area (Å²) in [5, 5.41) is 19.1. The Kier molecular flexibility index (Phi) is 3.57. The molecule has 2 rings (SSSR count). The number of aliphatic hydroxyl groups excluding tert-OH is 1. The van der Waals surface area contributed by atoms with Crippen molar-refractivity contribution in [3.63, 3.8) is 0 Å². The molecule has 0 amide bonds. The van der Waals surface area contributed by atoms with E-state index in [1.165, 1.54) is 24.3 Å². The van der Waals surface area contributed by atoms with Gasteiger partial charge in [0.1, 0.15) is 17.7 Å². The quantitative estimate of drug-likeness (QED) is 0.896. The zero-order chi connectivity index (χ0) is 14.0. The van der Waals surface area contributed by atoms with Crippen molar-refractivity contribution in [2.45, 2.75) is 6.10 Å². The Bertz CT molecular complexity index is 626. The zero-order valence-corrected chi connectivity index (χ0v) is 9.68. The Balaban J connectivity index is 2.50. The molecule has 0 radical (unpaired) electrons. The van der Waals surface area contributed by atoms with Crippen molar-refractivity contribution >= 4 is 5.97 Å². The highest BCUT2D eigenvalue weighted by atomic mass is 19.1. The molecular formula is C14H10F2O3. The van der Waals surface area contributed by atoms with Gasteiger partial charge in [0.15, 0.2) is 0 Å². The molecule has 0 aliphatic heterocycles. The van der Waals surface area contributed by atoms with Crippen LogP contribution in [-0.2, 0) is 0 Å². The van der Waals surface area contributed by atoms with Crippen LogP contribution in [0.2, 0.25) is 0 Å². The summed E-state index contributed by atoms with van der Waals surface area (Å²) in [6.45, 7) is 0. The van der Waals surface area contributed by atoms with Gasteiger partial charge in [-0.3, -0.25) is 0 Å². The standard InChI is InChI=1S/C14H10F2O3/c15-8-5-6-11(12(16)7-8)13(17)9-3-1-2-4-10(9)14(18)19/h1-7,13,17H,(H,18,19). The number of halogens is 2. The molecule has 0 bridgehead atoms. The van der Waals surface area contributed by atoms with Gasteiger partial charge in [-0.1, -0.05) is 24.3 Å². The van der Waals surface area contributed by atoms with E-state index in [-0.39, 0.29) is 16.7 Å². The number of carbonyl (C=O) groups is 1. The second kappa shape index (κ2) is 5.16. The van der Waals surface area contributed by atoms with Crippen LogP contribution in [0.15, 0.2) is 42.5 Å². The Morgan fingerprint density at radius 1 is 1.05 bits per heavy atom. The van der Waals surface area contributed by atoms with Crippen molar-refractivity contribution < 1.29 is 23.8 Å². The number of rotatable bonds is 3. The first-order chi connectivity index (χ1) is 9.00. The van der Waals surface area contributed by atoms with E-state index in [0.717, 1.165) is 12.1 Å². The maximum Gasteiger partial charge on any atom is 0.336 e. The predicted octanol–water partition coefficient (Wildman–Crippen LogP) is 2.74. The molecule has 5 heteroatoms. The average Bonchev–Trinajstić information content (AvgIpc) is 2.38. The third kappa shape index (κ3) is 2.61. The van der Waals surface area contributed by atoms with Crippen molar-refractivity contribution in [1.82, 2.24) is 0 Å². The van der Waals surface area contributed by atoms with Gasteiger partial charge in [-0.25, -0.2) is 13.6 Å². The summed E-state index contributed by atoms with van der Waals surface area (Å²) in [4.78, 5) is 11.0. The Labute approximate surface area is 107 Å². The Morgan fingerprint density at radius 3 is 2.37 bits per heavy atom. The van der Waals surface area contributed by atoms with E-state index in [9.17, 15) is 18.7 Å². The van der Waals surface area contributed by atoms with Gasteiger partial charge in [0.05, 0.1) is 5.56 Å². The van der Waals surface area contributed by atoms with E-state index in [1.807, 2.05) is 0 Å². The molecule has 0 saturated carbocycles. The van der Waals surface area contributed by atoms with Crippen molar-refractivity contribution in [1.29, 1.82) is 0 Å². The summed E-state index contributed by atoms with van der Waals surface area (Å²) < 4.78 is 26.4. The third-order valence-electron chi connectivity index (χ3n) is 2.74. The van der Waals surface area contributed by atoms with E-state index in [1.54, 1.807) is 0 Å². The van der Waals surface area contributed by atoms with Gasteiger partial charge in [0.25, 0.3) is 0 Å². The number of carboxylic acid groups (broad SMARTS) is 1. The second-order valence-corrected chi connectivity index (χ2v) is 3.96. The fraction of sp³-hybridized carbons (Fsp3) is 0.0714. The molecule has 1 unspecified atom stereocenters. The van der Waals surface area contributed by atoms with Crippen LogP contribution in [0.4, 0.5) is 8.78 Å². The molecular weight excluding hydrogens is 254 g/mol. The maximum atomic E-state index is 13.6. The maximum absolute atomic E-state index is 13.6. The lowest BCUT2D eigenvalue weighted by atomic mass is 9.96. The molecule has 19 heavy (non-hydrogen) atoms. The van der Waals surface area contributed by atoms with Crippen molar-refractivity contribution in [3.05, 3.63) is 70.8 Å². The molecule has 2 aromatic rings. The largest absolute Gasteiger partial charge is 0.478 e. The van der Waals surface area contributed by atoms with Crippen LogP contribution in [0.5, 0.6) is 0 Å². The fourth-order valence-electron chi connectivity index (χ4n) is 1.82. The van der Waals surface area contributed by atoms with E-state index in [4.69, 9.17) is 5.11 Å². The summed E-state index contributed by atoms with van der Waals surface area (Å²) in [6.07, 6.45) is -1.46. The topological polar surface area (TPSA) is 57.5 Å². The van der Waals surface area contributed by atoms with E-state index in [0.29, 0.717) is 6.07 Å². The lowest BCUT2D eigenvalue weighted by Gasteiger charge is -2.14. The van der Waals surface area contributed by atoms with E-state index >= 15 is 0 Å².